The third-order valence-electron chi connectivity index (χ3n) is 12.2. The third kappa shape index (κ3) is 10.3. The number of anilines is 3. The number of fused-ring (bicyclic) bond motifs is 2. The molecule has 2 fully saturated rings. The smallest absolute Gasteiger partial charge is 0.184 e. The van der Waals surface area contributed by atoms with Crippen molar-refractivity contribution in [1.29, 1.82) is 10.5 Å². The Kier molecular flexibility index (Phi) is 15.6. The van der Waals surface area contributed by atoms with Crippen molar-refractivity contribution in [1.82, 2.24) is 40.6 Å². The number of morpholine rings is 1. The summed E-state index contributed by atoms with van der Waals surface area (Å²) in [5, 5.41) is 57.5. The molecule has 20 heteroatoms. The van der Waals surface area contributed by atoms with Gasteiger partial charge < -0.3 is 46.1 Å². The Morgan fingerprint density at radius 2 is 1.25 bits per heavy atom. The van der Waals surface area contributed by atoms with E-state index >= 15 is 0 Å². The molecule has 370 valence electrons. The van der Waals surface area contributed by atoms with Crippen LogP contribution in [0.4, 0.5) is 26.1 Å². The van der Waals surface area contributed by atoms with Gasteiger partial charge in [-0.3, -0.25) is 15.1 Å². The number of rotatable bonds is 11. The molecule has 0 radical (unpaired) electrons. The van der Waals surface area contributed by atoms with E-state index in [-0.39, 0.29) is 68.1 Å². The van der Waals surface area contributed by atoms with E-state index in [1.807, 2.05) is 56.3 Å². The number of halogens is 2. The van der Waals surface area contributed by atoms with Crippen LogP contribution in [0.5, 0.6) is 23.0 Å². The second-order valence-electron chi connectivity index (χ2n) is 16.4. The van der Waals surface area contributed by atoms with Gasteiger partial charge in [-0.1, -0.05) is 32.0 Å². The summed E-state index contributed by atoms with van der Waals surface area (Å²) in [5.74, 6) is 0.00114. The van der Waals surface area contributed by atoms with E-state index in [0.717, 1.165) is 83.3 Å². The predicted octanol–water partition coefficient (Wildman–Crippen LogP) is 7.73. The average molecular weight is 978 g/mol. The molecule has 2 saturated heterocycles. The van der Waals surface area contributed by atoms with Crippen molar-refractivity contribution >= 4 is 39.4 Å². The standard InChI is InChI=1S/C26H25FN6O3.C24H22FN7O2.C2H6/c27-21-14-17(34)4-7-19(21)24-20(15-28)22(23-25(29)31-32-26(23)30-24)16-2-5-18(6-3-16)36-11-1-8-33-9-12-35-13-10-33;1-34-19-10-13(2-5-18(19)32-8-6-28-7-9-32)20-16(12-26)22(15-4-3-14(33)11-17(15)25)29-24-21(20)23(27)30-31-24;1-2/h2-7,14,34H,1,8-13H2,(H3,29,30,31,32);2-5,10-11,28,33H,6-9H2,1H3,(H3,27,29,30,31);1-2H3. The van der Waals surface area contributed by atoms with Gasteiger partial charge in [0.15, 0.2) is 11.3 Å². The molecule has 72 heavy (non-hydrogen) atoms. The lowest BCUT2D eigenvalue weighted by molar-refractivity contribution is 0.0358. The number of nitrogens with one attached hydrogen (secondary N) is 3. The van der Waals surface area contributed by atoms with Gasteiger partial charge in [0, 0.05) is 80.2 Å². The van der Waals surface area contributed by atoms with Gasteiger partial charge in [-0.05, 0) is 66.1 Å². The minimum absolute atomic E-state index is 0.0727. The molecule has 4 aromatic heterocycles. The number of phenolic OH excluding ortho intramolecular Hbond substituents is 2. The van der Waals surface area contributed by atoms with E-state index < -0.39 is 11.6 Å². The number of aromatic hydroxyl groups is 2. The molecular weight excluding hydrogens is 925 g/mol. The Bertz CT molecular complexity index is 3300. The minimum Gasteiger partial charge on any atom is -0.508 e. The topological polar surface area (TPSA) is 269 Å². The van der Waals surface area contributed by atoms with E-state index in [1.165, 1.54) is 24.3 Å². The number of nitriles is 2. The van der Waals surface area contributed by atoms with Gasteiger partial charge in [-0.15, -0.1) is 0 Å². The zero-order valence-electron chi connectivity index (χ0n) is 39.9. The SMILES string of the molecule is CC.COc1cc(-c2c(C#N)c(-c3ccc(O)cc3F)nc3n[nH]c(N)c23)ccc1N1CCNCC1.N#Cc1c(-c2ccc(O)cc2F)nc2n[nH]c(N)c2c1-c1ccc(OCCCN2CCOCC2)cc1. The van der Waals surface area contributed by atoms with Gasteiger partial charge in [0.1, 0.15) is 58.4 Å². The zero-order valence-corrected chi connectivity index (χ0v) is 39.9. The normalized spacial score (nSPS) is 13.6. The number of aromatic amines is 2. The van der Waals surface area contributed by atoms with Gasteiger partial charge in [0.05, 0.1) is 65.9 Å². The molecule has 0 aliphatic carbocycles. The number of piperazine rings is 1. The minimum atomic E-state index is -0.704. The summed E-state index contributed by atoms with van der Waals surface area (Å²) in [5.41, 5.74) is 16.8. The Balaban J connectivity index is 0.000000187. The van der Waals surface area contributed by atoms with Crippen molar-refractivity contribution in [3.63, 3.8) is 0 Å². The Morgan fingerprint density at radius 1 is 0.722 bits per heavy atom. The van der Waals surface area contributed by atoms with Gasteiger partial charge >= 0.3 is 0 Å². The van der Waals surface area contributed by atoms with Crippen LogP contribution in [0.1, 0.15) is 31.4 Å². The van der Waals surface area contributed by atoms with Crippen LogP contribution < -0.4 is 31.2 Å². The molecule has 0 atom stereocenters. The number of phenols is 2. The first-order chi connectivity index (χ1) is 35.1. The zero-order chi connectivity index (χ0) is 50.9. The predicted molar refractivity (Wildman–Crippen MR) is 271 cm³/mol. The summed E-state index contributed by atoms with van der Waals surface area (Å²) in [6, 6.07) is 24.7. The molecule has 2 aliphatic rings. The van der Waals surface area contributed by atoms with Crippen LogP contribution in [0.2, 0.25) is 0 Å². The summed E-state index contributed by atoms with van der Waals surface area (Å²) < 4.78 is 46.5. The molecule has 0 amide bonds. The Hall–Kier alpha value is -8.56. The van der Waals surface area contributed by atoms with Crippen molar-refractivity contribution in [3.05, 3.63) is 102 Å². The number of nitrogens with two attached hydrogens (primary N) is 2. The van der Waals surface area contributed by atoms with Gasteiger partial charge in [0.25, 0.3) is 0 Å². The number of benzene rings is 4. The van der Waals surface area contributed by atoms with Crippen LogP contribution >= 0.6 is 0 Å². The molecule has 6 heterocycles. The van der Waals surface area contributed by atoms with Crippen LogP contribution in [-0.2, 0) is 4.74 Å². The quantitative estimate of drug-likeness (QED) is 0.0611. The first kappa shape index (κ1) is 49.8. The van der Waals surface area contributed by atoms with Crippen molar-refractivity contribution in [2.75, 3.05) is 89.1 Å². The molecule has 2 aliphatic heterocycles. The maximum Gasteiger partial charge on any atom is 0.184 e. The first-order valence-corrected chi connectivity index (χ1v) is 23.4. The van der Waals surface area contributed by atoms with Crippen molar-refractivity contribution < 1.29 is 33.2 Å². The number of aromatic nitrogens is 6. The lowest BCUT2D eigenvalue weighted by Crippen LogP contribution is -2.43. The lowest BCUT2D eigenvalue weighted by Gasteiger charge is -2.30. The number of hydrogen-bond donors (Lipinski definition) is 7. The van der Waals surface area contributed by atoms with Crippen LogP contribution in [-0.4, -0.2) is 118 Å². The largest absolute Gasteiger partial charge is 0.508 e. The summed E-state index contributed by atoms with van der Waals surface area (Å²) in [6.45, 7) is 12.4. The van der Waals surface area contributed by atoms with E-state index in [1.54, 1.807) is 7.11 Å². The average Bonchev–Trinajstić information content (AvgIpc) is 3.98. The number of nitrogens with zero attached hydrogens (tertiary/aromatic N) is 8. The second-order valence-corrected chi connectivity index (χ2v) is 16.4. The molecular formula is C52H53F2N13O5. The molecule has 10 rings (SSSR count). The highest BCUT2D eigenvalue weighted by Crippen LogP contribution is 2.43. The molecule has 0 unspecified atom stereocenters. The van der Waals surface area contributed by atoms with Crippen LogP contribution in [0.25, 0.3) is 66.8 Å². The molecule has 8 aromatic rings. The van der Waals surface area contributed by atoms with Crippen molar-refractivity contribution in [3.8, 4) is 79.9 Å². The fourth-order valence-corrected chi connectivity index (χ4v) is 8.75. The molecule has 9 N–H and O–H groups in total. The number of pyridine rings is 2. The molecule has 0 saturated carbocycles. The molecule has 0 spiro atoms. The van der Waals surface area contributed by atoms with Gasteiger partial charge in [0.2, 0.25) is 0 Å². The van der Waals surface area contributed by atoms with Crippen molar-refractivity contribution in [2.24, 2.45) is 0 Å². The highest BCUT2D eigenvalue weighted by atomic mass is 19.1. The van der Waals surface area contributed by atoms with Crippen LogP contribution in [0.15, 0.2) is 78.9 Å². The first-order valence-electron chi connectivity index (χ1n) is 23.4. The van der Waals surface area contributed by atoms with Gasteiger partial charge in [-0.25, -0.2) is 18.7 Å². The maximum absolute atomic E-state index is 14.8. The highest BCUT2D eigenvalue weighted by Gasteiger charge is 2.26. The third-order valence-corrected chi connectivity index (χ3v) is 12.2. The summed E-state index contributed by atoms with van der Waals surface area (Å²) in [4.78, 5) is 13.4. The number of methoxy groups -OCH3 is 1. The fourth-order valence-electron chi connectivity index (χ4n) is 8.75. The Labute approximate surface area is 413 Å². The molecule has 0 bridgehead atoms. The van der Waals surface area contributed by atoms with Gasteiger partial charge in [-0.2, -0.15) is 20.7 Å². The van der Waals surface area contributed by atoms with E-state index in [2.05, 4.69) is 57.6 Å². The molecule has 18 nitrogen and oxygen atoms in total. The maximum atomic E-state index is 14.8. The van der Waals surface area contributed by atoms with E-state index in [9.17, 15) is 29.5 Å². The van der Waals surface area contributed by atoms with Crippen LogP contribution in [0.3, 0.4) is 0 Å². The van der Waals surface area contributed by atoms with Crippen molar-refractivity contribution in [2.45, 2.75) is 20.3 Å². The highest BCUT2D eigenvalue weighted by molar-refractivity contribution is 6.06. The molecule has 4 aromatic carbocycles. The summed E-state index contributed by atoms with van der Waals surface area (Å²) in [6.07, 6.45) is 0.901. The van der Waals surface area contributed by atoms with Crippen LogP contribution in [0, 0.1) is 34.3 Å². The fraction of sp³-hybridized carbons (Fsp3) is 0.269. The van der Waals surface area contributed by atoms with E-state index in [4.69, 9.17) is 25.7 Å². The number of hydrogen-bond acceptors (Lipinski definition) is 16. The lowest BCUT2D eigenvalue weighted by atomic mass is 9.93. The van der Waals surface area contributed by atoms with E-state index in [0.29, 0.717) is 51.1 Å². The number of ether oxygens (including phenoxy) is 3. The second kappa shape index (κ2) is 22.5. The number of H-pyrrole nitrogens is 2. The summed E-state index contributed by atoms with van der Waals surface area (Å²) in [7, 11) is 1.60. The Morgan fingerprint density at radius 3 is 1.76 bits per heavy atom. The number of nitrogen functional groups attached to an aromatic ring is 2. The monoisotopic (exact) mass is 977 g/mol. The summed E-state index contributed by atoms with van der Waals surface area (Å²) >= 11 is 0.